The van der Waals surface area contributed by atoms with Crippen molar-refractivity contribution in [1.82, 2.24) is 0 Å². The number of allylic oxidation sites excluding steroid dienone is 2. The Morgan fingerprint density at radius 1 is 1.14 bits per heavy atom. The van der Waals surface area contributed by atoms with Gasteiger partial charge in [0.25, 0.3) is 0 Å². The van der Waals surface area contributed by atoms with Crippen LogP contribution in [-0.2, 0) is 9.53 Å². The van der Waals surface area contributed by atoms with Gasteiger partial charge in [0.1, 0.15) is 5.76 Å². The number of carbonyl (C=O) groups excluding carboxylic acids is 1. The van der Waals surface area contributed by atoms with Crippen molar-refractivity contribution in [3.8, 4) is 0 Å². The zero-order valence-electron chi connectivity index (χ0n) is 9.05. The molecule has 80 valence electrons. The van der Waals surface area contributed by atoms with Crippen LogP contribution in [0.1, 0.15) is 58.3 Å². The number of carbonyl (C=O) groups is 1. The monoisotopic (exact) mass is 196 g/mol. The Balaban J connectivity index is 2.41. The SMILES string of the molecule is CC(=O)O/C1=C/CCCCCCCC1. The summed E-state index contributed by atoms with van der Waals surface area (Å²) < 4.78 is 5.15. The van der Waals surface area contributed by atoms with Crippen molar-refractivity contribution in [2.45, 2.75) is 58.3 Å². The van der Waals surface area contributed by atoms with Crippen LogP contribution in [0.15, 0.2) is 11.8 Å². The molecule has 14 heavy (non-hydrogen) atoms. The van der Waals surface area contributed by atoms with E-state index in [2.05, 4.69) is 6.08 Å². The lowest BCUT2D eigenvalue weighted by Crippen LogP contribution is -2.00. The van der Waals surface area contributed by atoms with Crippen LogP contribution in [0.2, 0.25) is 0 Å². The van der Waals surface area contributed by atoms with E-state index in [0.717, 1.165) is 25.0 Å². The van der Waals surface area contributed by atoms with Crippen molar-refractivity contribution in [3.05, 3.63) is 11.8 Å². The molecule has 0 fully saturated rings. The van der Waals surface area contributed by atoms with E-state index in [4.69, 9.17) is 4.74 Å². The van der Waals surface area contributed by atoms with Crippen molar-refractivity contribution in [3.63, 3.8) is 0 Å². The van der Waals surface area contributed by atoms with Gasteiger partial charge in [0.05, 0.1) is 0 Å². The van der Waals surface area contributed by atoms with E-state index in [0.29, 0.717) is 0 Å². The molecule has 0 unspecified atom stereocenters. The molecule has 0 N–H and O–H groups in total. The minimum absolute atomic E-state index is 0.187. The molecule has 0 saturated heterocycles. The zero-order valence-corrected chi connectivity index (χ0v) is 9.05. The van der Waals surface area contributed by atoms with Crippen molar-refractivity contribution in [1.29, 1.82) is 0 Å². The van der Waals surface area contributed by atoms with Gasteiger partial charge in [-0.25, -0.2) is 0 Å². The van der Waals surface area contributed by atoms with Crippen LogP contribution < -0.4 is 0 Å². The summed E-state index contributed by atoms with van der Waals surface area (Å²) in [5.74, 6) is 0.702. The van der Waals surface area contributed by atoms with Crippen molar-refractivity contribution >= 4 is 5.97 Å². The number of hydrogen-bond acceptors (Lipinski definition) is 2. The predicted octanol–water partition coefficient (Wildman–Crippen LogP) is 3.57. The van der Waals surface area contributed by atoms with Crippen LogP contribution in [-0.4, -0.2) is 5.97 Å². The highest BCUT2D eigenvalue weighted by Gasteiger charge is 2.03. The number of hydrogen-bond donors (Lipinski definition) is 0. The third kappa shape index (κ3) is 5.05. The van der Waals surface area contributed by atoms with Crippen molar-refractivity contribution in [2.24, 2.45) is 0 Å². The standard InChI is InChI=1S/C12H20O2/c1-11(13)14-12-9-7-5-3-2-4-6-8-10-12/h9H,2-8,10H2,1H3/b12-9+. The Morgan fingerprint density at radius 2 is 1.79 bits per heavy atom. The Morgan fingerprint density at radius 3 is 2.50 bits per heavy atom. The molecule has 0 aliphatic heterocycles. The van der Waals surface area contributed by atoms with E-state index in [1.54, 1.807) is 0 Å². The highest BCUT2D eigenvalue weighted by Crippen LogP contribution is 2.17. The van der Waals surface area contributed by atoms with E-state index in [1.807, 2.05) is 0 Å². The van der Waals surface area contributed by atoms with Gasteiger partial charge in [-0.2, -0.15) is 0 Å². The molecule has 0 bridgehead atoms. The first-order valence-corrected chi connectivity index (χ1v) is 5.66. The molecule has 1 rings (SSSR count). The van der Waals surface area contributed by atoms with Gasteiger partial charge in [-0.1, -0.05) is 25.7 Å². The van der Waals surface area contributed by atoms with E-state index in [1.165, 1.54) is 39.0 Å². The average molecular weight is 196 g/mol. The predicted molar refractivity (Wildman–Crippen MR) is 56.8 cm³/mol. The molecule has 0 radical (unpaired) electrons. The quantitative estimate of drug-likeness (QED) is 0.599. The first-order chi connectivity index (χ1) is 6.79. The topological polar surface area (TPSA) is 26.3 Å². The van der Waals surface area contributed by atoms with Crippen LogP contribution in [0.4, 0.5) is 0 Å². The van der Waals surface area contributed by atoms with Gasteiger partial charge in [-0.15, -0.1) is 0 Å². The number of esters is 1. The summed E-state index contributed by atoms with van der Waals surface area (Å²) in [5, 5.41) is 0. The van der Waals surface area contributed by atoms with Crippen molar-refractivity contribution < 1.29 is 9.53 Å². The molecule has 0 spiro atoms. The summed E-state index contributed by atoms with van der Waals surface area (Å²) in [4.78, 5) is 10.8. The number of ether oxygens (including phenoxy) is 1. The van der Waals surface area contributed by atoms with Gasteiger partial charge < -0.3 is 4.74 Å². The van der Waals surface area contributed by atoms with Gasteiger partial charge in [0.2, 0.25) is 0 Å². The molecule has 0 amide bonds. The van der Waals surface area contributed by atoms with Gasteiger partial charge in [-0.05, 0) is 25.3 Å². The Hall–Kier alpha value is -0.790. The summed E-state index contributed by atoms with van der Waals surface area (Å²) >= 11 is 0. The second-order valence-corrected chi connectivity index (χ2v) is 3.92. The van der Waals surface area contributed by atoms with E-state index < -0.39 is 0 Å². The van der Waals surface area contributed by atoms with Gasteiger partial charge >= 0.3 is 5.97 Å². The zero-order chi connectivity index (χ0) is 10.2. The van der Waals surface area contributed by atoms with Crippen LogP contribution in [0.25, 0.3) is 0 Å². The highest BCUT2D eigenvalue weighted by molar-refractivity contribution is 5.67. The second-order valence-electron chi connectivity index (χ2n) is 3.92. The molecule has 0 heterocycles. The molecule has 0 aromatic rings. The first-order valence-electron chi connectivity index (χ1n) is 5.66. The smallest absolute Gasteiger partial charge is 0.307 e. The molecule has 0 aromatic carbocycles. The summed E-state index contributed by atoms with van der Waals surface area (Å²) in [6, 6.07) is 0. The fraction of sp³-hybridized carbons (Fsp3) is 0.750. The Bertz CT molecular complexity index is 206. The summed E-state index contributed by atoms with van der Waals surface area (Å²) in [6.45, 7) is 1.47. The molecule has 1 aliphatic carbocycles. The minimum Gasteiger partial charge on any atom is -0.432 e. The third-order valence-corrected chi connectivity index (χ3v) is 2.52. The molecular formula is C12H20O2. The highest BCUT2D eigenvalue weighted by atomic mass is 16.5. The Labute approximate surface area is 86.3 Å². The van der Waals surface area contributed by atoms with Crippen LogP contribution in [0, 0.1) is 0 Å². The van der Waals surface area contributed by atoms with Gasteiger partial charge in [-0.3, -0.25) is 4.79 Å². The molecule has 2 nitrogen and oxygen atoms in total. The Kier molecular flexibility index (Phi) is 5.35. The van der Waals surface area contributed by atoms with E-state index in [-0.39, 0.29) is 5.97 Å². The third-order valence-electron chi connectivity index (χ3n) is 2.52. The van der Waals surface area contributed by atoms with E-state index in [9.17, 15) is 4.79 Å². The molecule has 0 saturated carbocycles. The lowest BCUT2D eigenvalue weighted by atomic mass is 10.0. The van der Waals surface area contributed by atoms with Crippen molar-refractivity contribution in [2.75, 3.05) is 0 Å². The number of rotatable bonds is 1. The molecule has 0 atom stereocenters. The second kappa shape index (κ2) is 6.63. The summed E-state index contributed by atoms with van der Waals surface area (Å²) in [6.07, 6.45) is 11.7. The molecule has 1 aliphatic rings. The first kappa shape index (κ1) is 11.3. The lowest BCUT2D eigenvalue weighted by Gasteiger charge is -2.09. The van der Waals surface area contributed by atoms with Crippen LogP contribution >= 0.6 is 0 Å². The fourth-order valence-corrected chi connectivity index (χ4v) is 1.79. The van der Waals surface area contributed by atoms with E-state index >= 15 is 0 Å². The maximum absolute atomic E-state index is 10.8. The van der Waals surface area contributed by atoms with Crippen LogP contribution in [0.5, 0.6) is 0 Å². The average Bonchev–Trinajstić information content (AvgIpc) is 2.15. The maximum atomic E-state index is 10.8. The molecular weight excluding hydrogens is 176 g/mol. The molecule has 0 aromatic heterocycles. The van der Waals surface area contributed by atoms with Gasteiger partial charge in [0.15, 0.2) is 0 Å². The summed E-state index contributed by atoms with van der Waals surface area (Å²) in [7, 11) is 0. The summed E-state index contributed by atoms with van der Waals surface area (Å²) in [5.41, 5.74) is 0. The molecule has 2 heteroatoms. The normalized spacial score (nSPS) is 23.4. The lowest BCUT2D eigenvalue weighted by molar-refractivity contribution is -0.137. The minimum atomic E-state index is -0.187. The largest absolute Gasteiger partial charge is 0.432 e. The maximum Gasteiger partial charge on any atom is 0.307 e. The fourth-order valence-electron chi connectivity index (χ4n) is 1.79. The van der Waals surface area contributed by atoms with Gasteiger partial charge in [0, 0.05) is 13.3 Å². The van der Waals surface area contributed by atoms with Crippen LogP contribution in [0.3, 0.4) is 0 Å².